The van der Waals surface area contributed by atoms with Gasteiger partial charge in [0.05, 0.1) is 10.8 Å². The van der Waals surface area contributed by atoms with E-state index < -0.39 is 4.92 Å². The summed E-state index contributed by atoms with van der Waals surface area (Å²) >= 11 is 0. The van der Waals surface area contributed by atoms with Crippen molar-refractivity contribution < 1.29 is 9.72 Å². The van der Waals surface area contributed by atoms with E-state index in [2.05, 4.69) is 10.6 Å². The first-order valence-corrected chi connectivity index (χ1v) is 6.28. The highest BCUT2D eigenvalue weighted by Crippen LogP contribution is 2.23. The number of nitrogens with one attached hydrogen (secondary N) is 2. The summed E-state index contributed by atoms with van der Waals surface area (Å²) in [4.78, 5) is 22.3. The zero-order valence-electron chi connectivity index (χ0n) is 11.0. The first-order valence-electron chi connectivity index (χ1n) is 6.28. The van der Waals surface area contributed by atoms with Gasteiger partial charge >= 0.3 is 0 Å². The Morgan fingerprint density at radius 1 is 1.53 bits per heavy atom. The maximum absolute atomic E-state index is 12.1. The highest BCUT2D eigenvalue weighted by Gasteiger charge is 2.29. The Balaban J connectivity index is 2.11. The summed E-state index contributed by atoms with van der Waals surface area (Å²) in [5.41, 5.74) is 1.36. The van der Waals surface area contributed by atoms with Gasteiger partial charge in [-0.25, -0.2) is 0 Å². The van der Waals surface area contributed by atoms with Crippen molar-refractivity contribution >= 4 is 17.3 Å². The minimum atomic E-state index is -0.443. The van der Waals surface area contributed by atoms with E-state index in [0.29, 0.717) is 11.3 Å². The molecule has 1 aromatic rings. The number of nitro benzene ring substituents is 1. The number of aryl methyl sites for hydroxylation is 1. The zero-order chi connectivity index (χ0) is 14.0. The van der Waals surface area contributed by atoms with E-state index in [1.54, 1.807) is 13.0 Å². The summed E-state index contributed by atoms with van der Waals surface area (Å²) in [5, 5.41) is 16.7. The van der Waals surface area contributed by atoms with E-state index in [1.165, 1.54) is 12.1 Å². The van der Waals surface area contributed by atoms with E-state index >= 15 is 0 Å². The molecule has 1 amide bonds. The molecule has 1 fully saturated rings. The highest BCUT2D eigenvalue weighted by atomic mass is 16.6. The Morgan fingerprint density at radius 2 is 2.26 bits per heavy atom. The van der Waals surface area contributed by atoms with Gasteiger partial charge in [0.1, 0.15) is 0 Å². The third kappa shape index (κ3) is 2.90. The lowest BCUT2D eigenvalue weighted by Crippen LogP contribution is -2.32. The molecule has 2 atom stereocenters. The molecule has 19 heavy (non-hydrogen) atoms. The molecule has 0 aromatic heterocycles. The van der Waals surface area contributed by atoms with Gasteiger partial charge in [-0.1, -0.05) is 0 Å². The summed E-state index contributed by atoms with van der Waals surface area (Å²) in [6.45, 7) is 4.58. The molecule has 0 bridgehead atoms. The molecule has 1 heterocycles. The smallest absolute Gasteiger partial charge is 0.269 e. The lowest BCUT2D eigenvalue weighted by molar-refractivity contribution is -0.384. The molecular formula is C13H17N3O3. The molecule has 6 heteroatoms. The first kappa shape index (κ1) is 13.5. The van der Waals surface area contributed by atoms with Gasteiger partial charge in [-0.2, -0.15) is 0 Å². The number of amides is 1. The Kier molecular flexibility index (Phi) is 3.80. The van der Waals surface area contributed by atoms with E-state index in [9.17, 15) is 14.9 Å². The lowest BCUT2D eigenvalue weighted by Gasteiger charge is -2.16. The number of non-ortho nitro benzene ring substituents is 1. The molecule has 2 rings (SSSR count). The van der Waals surface area contributed by atoms with E-state index in [4.69, 9.17) is 0 Å². The number of carbonyl (C=O) groups excluding carboxylic acids is 1. The fraction of sp³-hybridized carbons (Fsp3) is 0.462. The molecule has 2 unspecified atom stereocenters. The van der Waals surface area contributed by atoms with Crippen LogP contribution in [-0.4, -0.2) is 23.4 Å². The van der Waals surface area contributed by atoms with Crippen molar-refractivity contribution in [2.45, 2.75) is 26.3 Å². The molecule has 1 aliphatic rings. The van der Waals surface area contributed by atoms with Gasteiger partial charge < -0.3 is 10.6 Å². The quantitative estimate of drug-likeness (QED) is 0.643. The minimum absolute atomic E-state index is 0.0329. The number of hydrogen-bond donors (Lipinski definition) is 2. The molecule has 0 spiro atoms. The summed E-state index contributed by atoms with van der Waals surface area (Å²) in [6, 6.07) is 4.61. The van der Waals surface area contributed by atoms with Gasteiger partial charge in [0.25, 0.3) is 5.69 Å². The van der Waals surface area contributed by atoms with Crippen LogP contribution in [-0.2, 0) is 4.79 Å². The molecule has 1 saturated heterocycles. The molecule has 1 aromatic carbocycles. The fourth-order valence-corrected chi connectivity index (χ4v) is 2.34. The van der Waals surface area contributed by atoms with Gasteiger partial charge in [-0.05, 0) is 38.4 Å². The predicted octanol–water partition coefficient (Wildman–Crippen LogP) is 1.84. The normalized spacial score (nSPS) is 22.2. The van der Waals surface area contributed by atoms with Crippen molar-refractivity contribution in [1.29, 1.82) is 0 Å². The first-order chi connectivity index (χ1) is 8.99. The van der Waals surface area contributed by atoms with E-state index in [1.807, 2.05) is 6.92 Å². The molecular weight excluding hydrogens is 246 g/mol. The van der Waals surface area contributed by atoms with Gasteiger partial charge in [-0.3, -0.25) is 14.9 Å². The summed E-state index contributed by atoms with van der Waals surface area (Å²) in [6.07, 6.45) is 0.818. The second-order valence-corrected chi connectivity index (χ2v) is 4.88. The van der Waals surface area contributed by atoms with Crippen molar-refractivity contribution in [3.8, 4) is 0 Å². The van der Waals surface area contributed by atoms with Crippen LogP contribution in [0.3, 0.4) is 0 Å². The summed E-state index contributed by atoms with van der Waals surface area (Å²) < 4.78 is 0. The van der Waals surface area contributed by atoms with Crippen molar-refractivity contribution in [2.75, 3.05) is 11.9 Å². The van der Waals surface area contributed by atoms with Crippen LogP contribution in [0.1, 0.15) is 18.9 Å². The number of nitrogens with zero attached hydrogens (tertiary/aromatic N) is 1. The molecule has 6 nitrogen and oxygen atoms in total. The Labute approximate surface area is 111 Å². The fourth-order valence-electron chi connectivity index (χ4n) is 2.34. The van der Waals surface area contributed by atoms with Crippen LogP contribution in [0.15, 0.2) is 18.2 Å². The SMILES string of the molecule is Cc1cc([N+](=O)[O-])ccc1NC(=O)C1CCNC1C. The van der Waals surface area contributed by atoms with Gasteiger partial charge in [0, 0.05) is 23.9 Å². The third-order valence-corrected chi connectivity index (χ3v) is 3.54. The van der Waals surface area contributed by atoms with Crippen LogP contribution in [0.2, 0.25) is 0 Å². The number of hydrogen-bond acceptors (Lipinski definition) is 4. The lowest BCUT2D eigenvalue weighted by atomic mass is 10.0. The van der Waals surface area contributed by atoms with Crippen molar-refractivity contribution in [2.24, 2.45) is 5.92 Å². The van der Waals surface area contributed by atoms with Crippen molar-refractivity contribution in [1.82, 2.24) is 5.32 Å². The maximum Gasteiger partial charge on any atom is 0.269 e. The van der Waals surface area contributed by atoms with Crippen molar-refractivity contribution in [3.63, 3.8) is 0 Å². The summed E-state index contributed by atoms with van der Waals surface area (Å²) in [7, 11) is 0. The van der Waals surface area contributed by atoms with Crippen molar-refractivity contribution in [3.05, 3.63) is 33.9 Å². The Bertz CT molecular complexity index is 516. The van der Waals surface area contributed by atoms with Crippen LogP contribution in [0.4, 0.5) is 11.4 Å². The minimum Gasteiger partial charge on any atom is -0.326 e. The van der Waals surface area contributed by atoms with E-state index in [-0.39, 0.29) is 23.6 Å². The Hall–Kier alpha value is -1.95. The average molecular weight is 263 g/mol. The number of anilines is 1. The standard InChI is InChI=1S/C13H17N3O3/c1-8-7-10(16(18)19)3-4-12(8)15-13(17)11-5-6-14-9(11)2/h3-4,7,9,11,14H,5-6H2,1-2H3,(H,15,17). The largest absolute Gasteiger partial charge is 0.326 e. The van der Waals surface area contributed by atoms with Gasteiger partial charge in [0.15, 0.2) is 0 Å². The van der Waals surface area contributed by atoms with Gasteiger partial charge in [0.2, 0.25) is 5.91 Å². The average Bonchev–Trinajstić information content (AvgIpc) is 2.77. The highest BCUT2D eigenvalue weighted by molar-refractivity contribution is 5.94. The number of carbonyl (C=O) groups is 1. The zero-order valence-corrected chi connectivity index (χ0v) is 11.0. The second kappa shape index (κ2) is 5.36. The van der Waals surface area contributed by atoms with Crippen LogP contribution in [0.5, 0.6) is 0 Å². The molecule has 102 valence electrons. The van der Waals surface area contributed by atoms with Crippen LogP contribution in [0, 0.1) is 23.0 Å². The number of benzene rings is 1. The maximum atomic E-state index is 12.1. The van der Waals surface area contributed by atoms with Crippen LogP contribution in [0.25, 0.3) is 0 Å². The number of rotatable bonds is 3. The molecule has 0 aliphatic carbocycles. The molecule has 1 aliphatic heterocycles. The van der Waals surface area contributed by atoms with E-state index in [0.717, 1.165) is 13.0 Å². The monoisotopic (exact) mass is 263 g/mol. The summed E-state index contributed by atoms with van der Waals surface area (Å²) in [5.74, 6) is -0.0796. The molecule has 2 N–H and O–H groups in total. The Morgan fingerprint density at radius 3 is 2.79 bits per heavy atom. The van der Waals surface area contributed by atoms with Crippen LogP contribution < -0.4 is 10.6 Å². The topological polar surface area (TPSA) is 84.3 Å². The predicted molar refractivity (Wildman–Crippen MR) is 72.0 cm³/mol. The second-order valence-electron chi connectivity index (χ2n) is 4.88. The van der Waals surface area contributed by atoms with Gasteiger partial charge in [-0.15, -0.1) is 0 Å². The number of nitro groups is 1. The van der Waals surface area contributed by atoms with Crippen LogP contribution >= 0.6 is 0 Å². The molecule has 0 saturated carbocycles. The molecule has 0 radical (unpaired) electrons. The third-order valence-electron chi connectivity index (χ3n) is 3.54.